The Labute approximate surface area is 111 Å². The highest BCUT2D eigenvalue weighted by atomic mass is 16.6. The van der Waals surface area contributed by atoms with Crippen molar-refractivity contribution in [2.75, 3.05) is 13.2 Å². The second-order valence-electron chi connectivity index (χ2n) is 4.89. The number of benzene rings is 1. The van der Waals surface area contributed by atoms with E-state index in [2.05, 4.69) is 30.3 Å². The molecule has 1 fully saturated rings. The summed E-state index contributed by atoms with van der Waals surface area (Å²) in [6, 6.07) is 10.8. The van der Waals surface area contributed by atoms with Gasteiger partial charge in [-0.1, -0.05) is 43.2 Å². The molecule has 1 aromatic carbocycles. The van der Waals surface area contributed by atoms with Gasteiger partial charge in [0.1, 0.15) is 0 Å². The van der Waals surface area contributed by atoms with Gasteiger partial charge in [-0.05, 0) is 31.7 Å². The summed E-state index contributed by atoms with van der Waals surface area (Å²) in [6.07, 6.45) is 3.75. The van der Waals surface area contributed by atoms with E-state index in [0.29, 0.717) is 11.7 Å². The van der Waals surface area contributed by atoms with Crippen molar-refractivity contribution in [3.05, 3.63) is 35.9 Å². The van der Waals surface area contributed by atoms with Gasteiger partial charge in [0, 0.05) is 19.0 Å². The molecule has 0 spiro atoms. The van der Waals surface area contributed by atoms with Crippen molar-refractivity contribution in [2.24, 2.45) is 0 Å². The highest BCUT2D eigenvalue weighted by molar-refractivity contribution is 6.46. The molecule has 2 atom stereocenters. The van der Waals surface area contributed by atoms with E-state index in [1.165, 1.54) is 24.8 Å². The molecule has 0 radical (unpaired) electrons. The Morgan fingerprint density at radius 2 is 1.72 bits per heavy atom. The zero-order valence-electron chi connectivity index (χ0n) is 11.5. The quantitative estimate of drug-likeness (QED) is 0.709. The van der Waals surface area contributed by atoms with E-state index in [4.69, 9.17) is 9.31 Å². The van der Waals surface area contributed by atoms with Crippen LogP contribution in [0.3, 0.4) is 0 Å². The Morgan fingerprint density at radius 3 is 2.33 bits per heavy atom. The minimum atomic E-state index is -0.0345. The monoisotopic (exact) mass is 246 g/mol. The molecular weight excluding hydrogens is 223 g/mol. The van der Waals surface area contributed by atoms with Crippen LogP contribution in [0, 0.1) is 0 Å². The first-order valence-electron chi connectivity index (χ1n) is 7.15. The van der Waals surface area contributed by atoms with Gasteiger partial charge in [0.2, 0.25) is 0 Å². The van der Waals surface area contributed by atoms with Crippen LogP contribution < -0.4 is 0 Å². The van der Waals surface area contributed by atoms with Crippen molar-refractivity contribution in [3.63, 3.8) is 0 Å². The van der Waals surface area contributed by atoms with E-state index in [-0.39, 0.29) is 7.12 Å². The van der Waals surface area contributed by atoms with Crippen molar-refractivity contribution in [1.82, 2.24) is 0 Å². The van der Waals surface area contributed by atoms with Crippen molar-refractivity contribution < 1.29 is 9.31 Å². The van der Waals surface area contributed by atoms with E-state index >= 15 is 0 Å². The maximum absolute atomic E-state index is 5.80. The summed E-state index contributed by atoms with van der Waals surface area (Å²) in [5.41, 5.74) is 1.43. The topological polar surface area (TPSA) is 18.5 Å². The van der Waals surface area contributed by atoms with Crippen LogP contribution in [0.2, 0.25) is 5.82 Å². The SMILES string of the molecule is CCOB(OCC)C1CCCC1c1ccccc1. The molecule has 0 N–H and O–H groups in total. The van der Waals surface area contributed by atoms with Gasteiger partial charge in [-0.25, -0.2) is 0 Å². The maximum atomic E-state index is 5.80. The highest BCUT2D eigenvalue weighted by Gasteiger charge is 2.39. The predicted molar refractivity (Wildman–Crippen MR) is 75.8 cm³/mol. The van der Waals surface area contributed by atoms with E-state index < -0.39 is 0 Å². The maximum Gasteiger partial charge on any atom is 0.460 e. The first-order valence-corrected chi connectivity index (χ1v) is 7.15. The van der Waals surface area contributed by atoms with Crippen LogP contribution in [0.5, 0.6) is 0 Å². The highest BCUT2D eigenvalue weighted by Crippen LogP contribution is 2.45. The lowest BCUT2D eigenvalue weighted by molar-refractivity contribution is 0.201. The third kappa shape index (κ3) is 3.15. The fraction of sp³-hybridized carbons (Fsp3) is 0.600. The van der Waals surface area contributed by atoms with Crippen LogP contribution in [0.15, 0.2) is 30.3 Å². The summed E-state index contributed by atoms with van der Waals surface area (Å²) in [5, 5.41) is 0. The summed E-state index contributed by atoms with van der Waals surface area (Å²) in [7, 11) is -0.0345. The Hall–Kier alpha value is -0.795. The van der Waals surface area contributed by atoms with Crippen molar-refractivity contribution in [3.8, 4) is 0 Å². The Balaban J connectivity index is 2.10. The van der Waals surface area contributed by atoms with Gasteiger partial charge < -0.3 is 9.31 Å². The average molecular weight is 246 g/mol. The van der Waals surface area contributed by atoms with Crippen LogP contribution in [0.25, 0.3) is 0 Å². The zero-order valence-corrected chi connectivity index (χ0v) is 11.5. The van der Waals surface area contributed by atoms with Gasteiger partial charge in [0.05, 0.1) is 0 Å². The van der Waals surface area contributed by atoms with Crippen LogP contribution in [0.4, 0.5) is 0 Å². The lowest BCUT2D eigenvalue weighted by Gasteiger charge is -2.25. The predicted octanol–water partition coefficient (Wildman–Crippen LogP) is 3.89. The third-order valence-electron chi connectivity index (χ3n) is 3.81. The molecule has 98 valence electrons. The summed E-state index contributed by atoms with van der Waals surface area (Å²) in [5.74, 6) is 1.10. The molecule has 2 nitrogen and oxygen atoms in total. The largest absolute Gasteiger partial charge is 0.460 e. The molecule has 0 aliphatic heterocycles. The van der Waals surface area contributed by atoms with E-state index in [1.807, 2.05) is 13.8 Å². The molecule has 0 saturated heterocycles. The first-order chi connectivity index (χ1) is 8.86. The summed E-state index contributed by atoms with van der Waals surface area (Å²) in [6.45, 7) is 5.53. The van der Waals surface area contributed by atoms with Gasteiger partial charge >= 0.3 is 7.12 Å². The van der Waals surface area contributed by atoms with E-state index in [1.54, 1.807) is 0 Å². The van der Waals surface area contributed by atoms with E-state index in [0.717, 1.165) is 13.2 Å². The number of hydrogen-bond donors (Lipinski definition) is 0. The summed E-state index contributed by atoms with van der Waals surface area (Å²) >= 11 is 0. The van der Waals surface area contributed by atoms with Crippen molar-refractivity contribution in [1.29, 1.82) is 0 Å². The first kappa shape index (κ1) is 13.6. The Bertz CT molecular complexity index is 336. The second kappa shape index (κ2) is 6.96. The lowest BCUT2D eigenvalue weighted by atomic mass is 9.64. The summed E-state index contributed by atoms with van der Waals surface area (Å²) in [4.78, 5) is 0. The lowest BCUT2D eigenvalue weighted by Crippen LogP contribution is -2.30. The Kier molecular flexibility index (Phi) is 5.27. The molecule has 1 aromatic rings. The van der Waals surface area contributed by atoms with Crippen LogP contribution in [0.1, 0.15) is 44.6 Å². The third-order valence-corrected chi connectivity index (χ3v) is 3.81. The minimum Gasteiger partial charge on any atom is -0.411 e. The number of hydrogen-bond acceptors (Lipinski definition) is 2. The van der Waals surface area contributed by atoms with Gasteiger partial charge in [0.25, 0.3) is 0 Å². The van der Waals surface area contributed by atoms with Crippen LogP contribution in [-0.2, 0) is 9.31 Å². The molecule has 0 aromatic heterocycles. The van der Waals surface area contributed by atoms with Gasteiger partial charge in [-0.15, -0.1) is 0 Å². The molecule has 1 aliphatic rings. The fourth-order valence-electron chi connectivity index (χ4n) is 3.05. The standard InChI is InChI=1S/C15H23BO2/c1-3-17-16(18-4-2)15-12-8-11-14(15)13-9-6-5-7-10-13/h5-7,9-10,14-15H,3-4,8,11-12H2,1-2H3. The van der Waals surface area contributed by atoms with Crippen LogP contribution in [-0.4, -0.2) is 20.3 Å². The molecule has 2 rings (SSSR count). The molecule has 2 unspecified atom stereocenters. The van der Waals surface area contributed by atoms with Gasteiger partial charge in [-0.3, -0.25) is 0 Å². The molecule has 0 bridgehead atoms. The summed E-state index contributed by atoms with van der Waals surface area (Å²) < 4.78 is 11.6. The molecule has 1 saturated carbocycles. The smallest absolute Gasteiger partial charge is 0.411 e. The minimum absolute atomic E-state index is 0.0345. The average Bonchev–Trinajstić information content (AvgIpc) is 2.88. The molecular formula is C15H23BO2. The second-order valence-corrected chi connectivity index (χ2v) is 4.89. The van der Waals surface area contributed by atoms with E-state index in [9.17, 15) is 0 Å². The molecule has 1 aliphatic carbocycles. The molecule has 0 heterocycles. The molecule has 18 heavy (non-hydrogen) atoms. The van der Waals surface area contributed by atoms with Crippen LogP contribution >= 0.6 is 0 Å². The zero-order chi connectivity index (χ0) is 12.8. The number of rotatable bonds is 6. The normalized spacial score (nSPS) is 23.2. The van der Waals surface area contributed by atoms with Gasteiger partial charge in [-0.2, -0.15) is 0 Å². The van der Waals surface area contributed by atoms with Crippen molar-refractivity contribution in [2.45, 2.75) is 44.8 Å². The Morgan fingerprint density at radius 1 is 1.06 bits per heavy atom. The van der Waals surface area contributed by atoms with Gasteiger partial charge in [0.15, 0.2) is 0 Å². The molecule has 3 heteroatoms. The fourth-order valence-corrected chi connectivity index (χ4v) is 3.05. The molecule has 0 amide bonds. The van der Waals surface area contributed by atoms with Crippen molar-refractivity contribution >= 4 is 7.12 Å².